The van der Waals surface area contributed by atoms with E-state index >= 15 is 0 Å². The summed E-state index contributed by atoms with van der Waals surface area (Å²) in [6, 6.07) is 10.1. The first-order valence-corrected chi connectivity index (χ1v) is 9.38. The molecular weight excluding hydrogens is 465 g/mol. The van der Waals surface area contributed by atoms with Crippen LogP contribution in [0.3, 0.4) is 0 Å². The summed E-state index contributed by atoms with van der Waals surface area (Å²) < 4.78 is 5.65. The Morgan fingerprint density at radius 3 is 2.89 bits per heavy atom. The number of H-pyrrole nitrogens is 1. The van der Waals surface area contributed by atoms with Gasteiger partial charge in [0.25, 0.3) is 0 Å². The molecule has 0 aliphatic heterocycles. The Morgan fingerprint density at radius 1 is 1.21 bits per heavy atom. The highest BCUT2D eigenvalue weighted by molar-refractivity contribution is 14.0. The van der Waals surface area contributed by atoms with Crippen molar-refractivity contribution in [2.75, 3.05) is 26.2 Å². The lowest BCUT2D eigenvalue weighted by molar-refractivity contribution is 0.320. The SMILES string of the molecule is CCNC(=NCCc1c[nH]c2cccc(C)c12)NCCOc1cccnc1.I. The summed E-state index contributed by atoms with van der Waals surface area (Å²) in [5, 5.41) is 7.89. The molecule has 0 amide bonds. The van der Waals surface area contributed by atoms with Crippen LogP contribution in [0.1, 0.15) is 18.1 Å². The van der Waals surface area contributed by atoms with Crippen LogP contribution in [0.5, 0.6) is 5.75 Å². The molecule has 0 unspecified atom stereocenters. The highest BCUT2D eigenvalue weighted by atomic mass is 127. The molecule has 7 heteroatoms. The maximum atomic E-state index is 5.65. The molecule has 3 N–H and O–H groups in total. The van der Waals surface area contributed by atoms with Gasteiger partial charge in [0.15, 0.2) is 5.96 Å². The Balaban J connectivity index is 0.00000280. The summed E-state index contributed by atoms with van der Waals surface area (Å²) in [5.74, 6) is 1.58. The summed E-state index contributed by atoms with van der Waals surface area (Å²) in [5.41, 5.74) is 3.79. The zero-order valence-corrected chi connectivity index (χ0v) is 18.7. The number of hydrogen-bond donors (Lipinski definition) is 3. The van der Waals surface area contributed by atoms with Gasteiger partial charge in [-0.2, -0.15) is 0 Å². The lowest BCUT2D eigenvalue weighted by atomic mass is 10.1. The van der Waals surface area contributed by atoms with Gasteiger partial charge in [0, 0.05) is 36.4 Å². The van der Waals surface area contributed by atoms with Crippen molar-refractivity contribution in [3.8, 4) is 5.75 Å². The third-order valence-corrected chi connectivity index (χ3v) is 4.29. The van der Waals surface area contributed by atoms with Crippen molar-refractivity contribution in [3.63, 3.8) is 0 Å². The number of guanidine groups is 1. The van der Waals surface area contributed by atoms with Gasteiger partial charge in [-0.25, -0.2) is 0 Å². The van der Waals surface area contributed by atoms with Gasteiger partial charge in [-0.05, 0) is 49.6 Å². The first kappa shape index (κ1) is 22.0. The molecule has 0 saturated heterocycles. The van der Waals surface area contributed by atoms with Gasteiger partial charge in [0.2, 0.25) is 0 Å². The monoisotopic (exact) mass is 493 g/mol. The minimum absolute atomic E-state index is 0. The molecule has 0 fully saturated rings. The third kappa shape index (κ3) is 6.12. The Kier molecular flexibility index (Phi) is 9.06. The molecule has 0 spiro atoms. The molecule has 28 heavy (non-hydrogen) atoms. The van der Waals surface area contributed by atoms with Crippen LogP contribution in [0.25, 0.3) is 10.9 Å². The van der Waals surface area contributed by atoms with Crippen molar-refractivity contribution in [1.29, 1.82) is 0 Å². The van der Waals surface area contributed by atoms with Crippen molar-refractivity contribution >= 4 is 40.8 Å². The van der Waals surface area contributed by atoms with E-state index in [1.165, 1.54) is 22.0 Å². The second-order valence-corrected chi connectivity index (χ2v) is 6.29. The van der Waals surface area contributed by atoms with Gasteiger partial charge < -0.3 is 20.4 Å². The molecule has 2 aromatic heterocycles. The molecule has 1 aromatic carbocycles. The number of benzene rings is 1. The van der Waals surface area contributed by atoms with E-state index in [-0.39, 0.29) is 24.0 Å². The maximum absolute atomic E-state index is 5.65. The molecular formula is C21H28IN5O. The molecule has 0 atom stereocenters. The second kappa shape index (κ2) is 11.5. The van der Waals surface area contributed by atoms with Gasteiger partial charge in [-0.3, -0.25) is 9.98 Å². The summed E-state index contributed by atoms with van der Waals surface area (Å²) in [7, 11) is 0. The lowest BCUT2D eigenvalue weighted by Gasteiger charge is -2.12. The largest absolute Gasteiger partial charge is 0.490 e. The Bertz CT molecular complexity index is 879. The number of ether oxygens (including phenoxy) is 1. The standard InChI is InChI=1S/C21H27N5O.HI/c1-3-23-21(25-12-13-27-18-7-5-10-22-15-18)24-11-9-17-14-26-19-8-4-6-16(2)20(17)19;/h4-8,10,14-15,26H,3,9,11-13H2,1-2H3,(H2,23,24,25);1H. The zero-order chi connectivity index (χ0) is 18.9. The number of fused-ring (bicyclic) bond motifs is 1. The average molecular weight is 493 g/mol. The predicted octanol–water partition coefficient (Wildman–Crippen LogP) is 3.67. The molecule has 0 aliphatic carbocycles. The smallest absolute Gasteiger partial charge is 0.191 e. The van der Waals surface area contributed by atoms with Gasteiger partial charge in [0.1, 0.15) is 12.4 Å². The molecule has 6 nitrogen and oxygen atoms in total. The summed E-state index contributed by atoms with van der Waals surface area (Å²) >= 11 is 0. The topological polar surface area (TPSA) is 74.3 Å². The van der Waals surface area contributed by atoms with Gasteiger partial charge >= 0.3 is 0 Å². The first-order valence-electron chi connectivity index (χ1n) is 9.38. The van der Waals surface area contributed by atoms with Crippen LogP contribution >= 0.6 is 24.0 Å². The second-order valence-electron chi connectivity index (χ2n) is 6.29. The summed E-state index contributed by atoms with van der Waals surface area (Å²) in [6.45, 7) is 6.98. The average Bonchev–Trinajstić information content (AvgIpc) is 3.10. The molecule has 0 radical (unpaired) electrons. The number of nitrogens with zero attached hydrogens (tertiary/aromatic N) is 2. The summed E-state index contributed by atoms with van der Waals surface area (Å²) in [4.78, 5) is 12.1. The molecule has 0 bridgehead atoms. The van der Waals surface area contributed by atoms with Crippen LogP contribution in [0.15, 0.2) is 53.9 Å². The zero-order valence-electron chi connectivity index (χ0n) is 16.4. The van der Waals surface area contributed by atoms with Crippen molar-refractivity contribution in [1.82, 2.24) is 20.6 Å². The van der Waals surface area contributed by atoms with Crippen LogP contribution in [0, 0.1) is 6.92 Å². The molecule has 3 aromatic rings. The quantitative estimate of drug-likeness (QED) is 0.194. The van der Waals surface area contributed by atoms with Crippen molar-refractivity contribution in [2.24, 2.45) is 4.99 Å². The van der Waals surface area contributed by atoms with Crippen LogP contribution < -0.4 is 15.4 Å². The number of hydrogen-bond acceptors (Lipinski definition) is 3. The molecule has 150 valence electrons. The lowest BCUT2D eigenvalue weighted by Crippen LogP contribution is -2.39. The highest BCUT2D eigenvalue weighted by Crippen LogP contribution is 2.22. The fourth-order valence-electron chi connectivity index (χ4n) is 3.05. The number of aromatic nitrogens is 2. The number of aromatic amines is 1. The maximum Gasteiger partial charge on any atom is 0.191 e. The van der Waals surface area contributed by atoms with E-state index in [2.05, 4.69) is 63.8 Å². The molecule has 0 aliphatic rings. The Labute approximate surface area is 183 Å². The fraction of sp³-hybridized carbons (Fsp3) is 0.333. The number of halogens is 1. The van der Waals surface area contributed by atoms with Gasteiger partial charge in [0.05, 0.1) is 12.7 Å². The number of nitrogens with one attached hydrogen (secondary N) is 3. The minimum atomic E-state index is 0. The van der Waals surface area contributed by atoms with E-state index in [9.17, 15) is 0 Å². The van der Waals surface area contributed by atoms with Crippen LogP contribution in [0.4, 0.5) is 0 Å². The van der Waals surface area contributed by atoms with E-state index in [0.29, 0.717) is 13.2 Å². The number of aliphatic imine (C=N–C) groups is 1. The Morgan fingerprint density at radius 2 is 2.11 bits per heavy atom. The first-order chi connectivity index (χ1) is 13.3. The van der Waals surface area contributed by atoms with E-state index in [4.69, 9.17) is 4.74 Å². The van der Waals surface area contributed by atoms with E-state index in [0.717, 1.165) is 31.2 Å². The van der Waals surface area contributed by atoms with E-state index in [1.54, 1.807) is 12.4 Å². The number of pyridine rings is 1. The van der Waals surface area contributed by atoms with Gasteiger partial charge in [-0.1, -0.05) is 12.1 Å². The number of aryl methyl sites for hydroxylation is 1. The molecule has 2 heterocycles. The van der Waals surface area contributed by atoms with Gasteiger partial charge in [-0.15, -0.1) is 24.0 Å². The summed E-state index contributed by atoms with van der Waals surface area (Å²) in [6.07, 6.45) is 6.43. The fourth-order valence-corrected chi connectivity index (χ4v) is 3.05. The highest BCUT2D eigenvalue weighted by Gasteiger charge is 2.06. The van der Waals surface area contributed by atoms with Crippen LogP contribution in [-0.4, -0.2) is 42.2 Å². The van der Waals surface area contributed by atoms with Crippen molar-refractivity contribution < 1.29 is 4.74 Å². The molecule has 3 rings (SSSR count). The normalized spacial score (nSPS) is 11.1. The third-order valence-electron chi connectivity index (χ3n) is 4.29. The predicted molar refractivity (Wildman–Crippen MR) is 126 cm³/mol. The van der Waals surface area contributed by atoms with Crippen LogP contribution in [0.2, 0.25) is 0 Å². The van der Waals surface area contributed by atoms with Crippen molar-refractivity contribution in [3.05, 3.63) is 60.0 Å². The van der Waals surface area contributed by atoms with Crippen molar-refractivity contribution in [2.45, 2.75) is 20.3 Å². The van der Waals surface area contributed by atoms with E-state index in [1.807, 2.05) is 12.1 Å². The number of rotatable bonds is 8. The van der Waals surface area contributed by atoms with Crippen LogP contribution in [-0.2, 0) is 6.42 Å². The van der Waals surface area contributed by atoms with E-state index < -0.39 is 0 Å². The Hall–Kier alpha value is -2.29. The minimum Gasteiger partial charge on any atom is -0.490 e. The molecule has 0 saturated carbocycles.